The molecule has 0 aliphatic carbocycles. The number of halogens is 2. The number of ether oxygens (including phenoxy) is 2. The van der Waals surface area contributed by atoms with E-state index in [0.717, 1.165) is 0 Å². The molecule has 3 aromatic carbocycles. The first-order chi connectivity index (χ1) is 16.3. The number of rotatable bonds is 5. The monoisotopic (exact) mass is 497 g/mol. The molecule has 0 aromatic heterocycles. The lowest BCUT2D eigenvalue weighted by Gasteiger charge is -2.27. The first-order valence-corrected chi connectivity index (χ1v) is 11.1. The summed E-state index contributed by atoms with van der Waals surface area (Å²) >= 11 is 12.6. The number of aliphatic hydroxyl groups is 1. The number of hydrogen-bond donors (Lipinski definition) is 1. The predicted octanol–water partition coefficient (Wildman–Crippen LogP) is 5.95. The van der Waals surface area contributed by atoms with Crippen molar-refractivity contribution in [3.8, 4) is 11.5 Å². The highest BCUT2D eigenvalue weighted by Crippen LogP contribution is 2.45. The number of benzene rings is 3. The molecule has 1 N–H and O–H groups in total. The van der Waals surface area contributed by atoms with Crippen molar-refractivity contribution in [3.63, 3.8) is 0 Å². The molecule has 3 aromatic rings. The van der Waals surface area contributed by atoms with Crippen LogP contribution in [-0.2, 0) is 9.59 Å². The van der Waals surface area contributed by atoms with E-state index in [2.05, 4.69) is 0 Å². The van der Waals surface area contributed by atoms with Crippen molar-refractivity contribution in [2.45, 2.75) is 13.0 Å². The van der Waals surface area contributed by atoms with Gasteiger partial charge in [-0.3, -0.25) is 14.5 Å². The third kappa shape index (κ3) is 3.89. The number of amides is 1. The maximum atomic E-state index is 13.4. The van der Waals surface area contributed by atoms with Crippen LogP contribution < -0.4 is 14.4 Å². The maximum absolute atomic E-state index is 13.4. The summed E-state index contributed by atoms with van der Waals surface area (Å²) in [6.07, 6.45) is 0. The van der Waals surface area contributed by atoms with Crippen LogP contribution in [0.4, 0.5) is 5.69 Å². The standard InChI is InChI=1S/C26H21Cl2NO5/c1-14-17(27)10-7-11-19(14)29-23(15-8-5-4-6-9-15)22(25(31)26(29)32)24(30)16-12-18(28)21(34-3)13-20(16)33-2/h4-13,23,30H,1-3H3/b24-22+. The average Bonchev–Trinajstić information content (AvgIpc) is 3.11. The molecule has 1 heterocycles. The van der Waals surface area contributed by atoms with Gasteiger partial charge in [0.15, 0.2) is 0 Å². The van der Waals surface area contributed by atoms with Crippen molar-refractivity contribution in [2.75, 3.05) is 19.1 Å². The van der Waals surface area contributed by atoms with Crippen LogP contribution in [0.2, 0.25) is 10.0 Å². The molecule has 8 heteroatoms. The zero-order chi connectivity index (χ0) is 24.6. The number of Topliss-reactive ketones (excluding diaryl/α,β-unsaturated/α-hetero) is 1. The number of carbonyl (C=O) groups excluding carboxylic acids is 2. The van der Waals surface area contributed by atoms with Gasteiger partial charge in [-0.25, -0.2) is 0 Å². The van der Waals surface area contributed by atoms with E-state index in [-0.39, 0.29) is 21.9 Å². The molecule has 4 rings (SSSR count). The molecule has 0 saturated carbocycles. The Balaban J connectivity index is 2.01. The normalized spacial score (nSPS) is 17.2. The fourth-order valence-electron chi connectivity index (χ4n) is 4.08. The van der Waals surface area contributed by atoms with E-state index >= 15 is 0 Å². The fraction of sp³-hybridized carbons (Fsp3) is 0.154. The molecule has 0 bridgehead atoms. The second kappa shape index (κ2) is 9.41. The molecule has 1 fully saturated rings. The van der Waals surface area contributed by atoms with Crippen molar-refractivity contribution in [2.24, 2.45) is 0 Å². The SMILES string of the molecule is COc1cc(OC)c(/C(O)=C2\C(=O)C(=O)N(c3cccc(Cl)c3C)C2c2ccccc2)cc1Cl. The second-order valence-corrected chi connectivity index (χ2v) is 8.47. The molecule has 0 spiro atoms. The minimum Gasteiger partial charge on any atom is -0.507 e. The highest BCUT2D eigenvalue weighted by Gasteiger charge is 2.47. The lowest BCUT2D eigenvalue weighted by atomic mass is 9.94. The molecule has 174 valence electrons. The molecular weight excluding hydrogens is 477 g/mol. The van der Waals surface area contributed by atoms with Gasteiger partial charge < -0.3 is 14.6 Å². The van der Waals surface area contributed by atoms with Crippen molar-refractivity contribution >= 4 is 46.3 Å². The molecular formula is C26H21Cl2NO5. The number of ketones is 1. The van der Waals surface area contributed by atoms with E-state index in [1.807, 2.05) is 6.07 Å². The maximum Gasteiger partial charge on any atom is 0.300 e. The third-order valence-corrected chi connectivity index (χ3v) is 6.49. The van der Waals surface area contributed by atoms with Crippen LogP contribution in [0.3, 0.4) is 0 Å². The van der Waals surface area contributed by atoms with Crippen molar-refractivity contribution < 1.29 is 24.2 Å². The van der Waals surface area contributed by atoms with E-state index < -0.39 is 23.5 Å². The largest absolute Gasteiger partial charge is 0.507 e. The third-order valence-electron chi connectivity index (χ3n) is 5.79. The van der Waals surface area contributed by atoms with Crippen LogP contribution >= 0.6 is 23.2 Å². The number of methoxy groups -OCH3 is 2. The summed E-state index contributed by atoms with van der Waals surface area (Å²) in [6, 6.07) is 16.2. The molecule has 1 saturated heterocycles. The minimum absolute atomic E-state index is 0.0879. The summed E-state index contributed by atoms with van der Waals surface area (Å²) < 4.78 is 10.6. The van der Waals surface area contributed by atoms with Crippen molar-refractivity contribution in [3.05, 3.63) is 93.0 Å². The Kier molecular flexibility index (Phi) is 6.55. The molecule has 1 aliphatic heterocycles. The molecule has 1 atom stereocenters. The topological polar surface area (TPSA) is 76.1 Å². The van der Waals surface area contributed by atoms with Gasteiger partial charge in [0.2, 0.25) is 0 Å². The first-order valence-electron chi connectivity index (χ1n) is 10.3. The predicted molar refractivity (Wildman–Crippen MR) is 132 cm³/mol. The lowest BCUT2D eigenvalue weighted by Crippen LogP contribution is -2.30. The Morgan fingerprint density at radius 1 is 0.912 bits per heavy atom. The molecule has 1 aliphatic rings. The van der Waals surface area contributed by atoms with Gasteiger partial charge in [-0.2, -0.15) is 0 Å². The number of anilines is 1. The zero-order valence-corrected chi connectivity index (χ0v) is 20.1. The minimum atomic E-state index is -0.899. The number of hydrogen-bond acceptors (Lipinski definition) is 5. The summed E-state index contributed by atoms with van der Waals surface area (Å²) in [5.74, 6) is -1.45. The Labute approximate surface area is 206 Å². The quantitative estimate of drug-likeness (QED) is 0.268. The van der Waals surface area contributed by atoms with Gasteiger partial charge in [-0.1, -0.05) is 59.6 Å². The Bertz CT molecular complexity index is 1320. The average molecular weight is 498 g/mol. The van der Waals surface area contributed by atoms with Gasteiger partial charge in [0.25, 0.3) is 11.7 Å². The van der Waals surface area contributed by atoms with Gasteiger partial charge in [0, 0.05) is 16.8 Å². The molecule has 1 unspecified atom stereocenters. The summed E-state index contributed by atoms with van der Waals surface area (Å²) in [6.45, 7) is 1.77. The van der Waals surface area contributed by atoms with Gasteiger partial charge in [-0.05, 0) is 36.2 Å². The van der Waals surface area contributed by atoms with E-state index in [1.165, 1.54) is 31.3 Å². The van der Waals surface area contributed by atoms with Crippen LogP contribution in [-0.4, -0.2) is 31.0 Å². The summed E-state index contributed by atoms with van der Waals surface area (Å²) in [5.41, 5.74) is 1.82. The summed E-state index contributed by atoms with van der Waals surface area (Å²) in [4.78, 5) is 28.0. The van der Waals surface area contributed by atoms with Crippen LogP contribution in [0.1, 0.15) is 22.7 Å². The van der Waals surface area contributed by atoms with Gasteiger partial charge in [0.1, 0.15) is 17.3 Å². The van der Waals surface area contributed by atoms with Gasteiger partial charge in [0.05, 0.1) is 36.4 Å². The molecule has 0 radical (unpaired) electrons. The first kappa shape index (κ1) is 23.7. The van der Waals surface area contributed by atoms with Gasteiger partial charge >= 0.3 is 0 Å². The lowest BCUT2D eigenvalue weighted by molar-refractivity contribution is -0.132. The van der Waals surface area contributed by atoms with Crippen LogP contribution in [0.5, 0.6) is 11.5 Å². The number of carbonyl (C=O) groups is 2. The van der Waals surface area contributed by atoms with Gasteiger partial charge in [-0.15, -0.1) is 0 Å². The highest BCUT2D eigenvalue weighted by molar-refractivity contribution is 6.52. The zero-order valence-electron chi connectivity index (χ0n) is 18.6. The number of aliphatic hydroxyl groups excluding tert-OH is 1. The molecule has 34 heavy (non-hydrogen) atoms. The van der Waals surface area contributed by atoms with E-state index in [4.69, 9.17) is 32.7 Å². The summed E-state index contributed by atoms with van der Waals surface area (Å²) in [5, 5.41) is 12.1. The molecule has 6 nitrogen and oxygen atoms in total. The smallest absolute Gasteiger partial charge is 0.300 e. The Hall–Kier alpha value is -3.48. The highest BCUT2D eigenvalue weighted by atomic mass is 35.5. The van der Waals surface area contributed by atoms with E-state index in [0.29, 0.717) is 27.6 Å². The fourth-order valence-corrected chi connectivity index (χ4v) is 4.49. The Morgan fingerprint density at radius 2 is 1.59 bits per heavy atom. The second-order valence-electron chi connectivity index (χ2n) is 7.65. The summed E-state index contributed by atoms with van der Waals surface area (Å²) in [7, 11) is 2.87. The number of nitrogens with zero attached hydrogens (tertiary/aromatic N) is 1. The van der Waals surface area contributed by atoms with E-state index in [9.17, 15) is 14.7 Å². The van der Waals surface area contributed by atoms with Crippen LogP contribution in [0.15, 0.2) is 66.2 Å². The van der Waals surface area contributed by atoms with E-state index in [1.54, 1.807) is 49.4 Å². The van der Waals surface area contributed by atoms with Crippen molar-refractivity contribution in [1.29, 1.82) is 0 Å². The van der Waals surface area contributed by atoms with Crippen LogP contribution in [0, 0.1) is 6.92 Å². The Morgan fingerprint density at radius 3 is 2.24 bits per heavy atom. The van der Waals surface area contributed by atoms with Crippen molar-refractivity contribution in [1.82, 2.24) is 0 Å². The van der Waals surface area contributed by atoms with Crippen LogP contribution in [0.25, 0.3) is 5.76 Å². The molecule has 1 amide bonds.